The van der Waals surface area contributed by atoms with Gasteiger partial charge in [-0.25, -0.2) is 14.2 Å². The summed E-state index contributed by atoms with van der Waals surface area (Å²) in [6, 6.07) is 11.8. The molecule has 9 nitrogen and oxygen atoms in total. The molecule has 1 aliphatic heterocycles. The molecule has 0 saturated heterocycles. The van der Waals surface area contributed by atoms with E-state index in [0.717, 1.165) is 25.2 Å². The normalized spacial score (nSPS) is 18.4. The smallest absolute Gasteiger partial charge is 0.229 e. The van der Waals surface area contributed by atoms with Crippen molar-refractivity contribution >= 4 is 38.8 Å². The summed E-state index contributed by atoms with van der Waals surface area (Å²) in [6.45, 7) is 6.67. The number of nitriles is 1. The molecular formula is C27H32N8OS. The van der Waals surface area contributed by atoms with E-state index < -0.39 is 9.73 Å². The maximum Gasteiger partial charge on any atom is 0.229 e. The molecule has 1 unspecified atom stereocenters. The number of nitrogens with zero attached hydrogens (tertiary/aromatic N) is 6. The van der Waals surface area contributed by atoms with Crippen LogP contribution in [0.25, 0.3) is 0 Å². The molecule has 1 aromatic carbocycles. The van der Waals surface area contributed by atoms with Crippen molar-refractivity contribution in [1.29, 1.82) is 5.26 Å². The summed E-state index contributed by atoms with van der Waals surface area (Å²) in [4.78, 5) is 15.8. The van der Waals surface area contributed by atoms with Gasteiger partial charge in [-0.05, 0) is 72.2 Å². The van der Waals surface area contributed by atoms with Crippen molar-refractivity contribution in [1.82, 2.24) is 19.9 Å². The van der Waals surface area contributed by atoms with Crippen LogP contribution < -0.4 is 10.6 Å². The van der Waals surface area contributed by atoms with Gasteiger partial charge in [-0.15, -0.1) is 0 Å². The molecule has 0 radical (unpaired) electrons. The van der Waals surface area contributed by atoms with E-state index in [2.05, 4.69) is 73.9 Å². The number of nitrogens with one attached hydrogen (secondary N) is 2. The van der Waals surface area contributed by atoms with Crippen molar-refractivity contribution in [2.24, 2.45) is 4.36 Å². The van der Waals surface area contributed by atoms with Crippen LogP contribution in [0, 0.1) is 11.3 Å². The topological polar surface area (TPSA) is 119 Å². The summed E-state index contributed by atoms with van der Waals surface area (Å²) in [6.07, 6.45) is 6.98. The first-order chi connectivity index (χ1) is 17.5. The molecule has 1 atom stereocenters. The Morgan fingerprint density at radius 3 is 2.78 bits per heavy atom. The second-order valence-corrected chi connectivity index (χ2v) is 13.4. The quantitative estimate of drug-likeness (QED) is 0.475. The molecule has 37 heavy (non-hydrogen) atoms. The first kappa shape index (κ1) is 25.1. The molecule has 0 bridgehead atoms. The fourth-order valence-corrected chi connectivity index (χ4v) is 5.88. The van der Waals surface area contributed by atoms with E-state index in [4.69, 9.17) is 0 Å². The van der Waals surface area contributed by atoms with E-state index in [9.17, 15) is 9.47 Å². The van der Waals surface area contributed by atoms with Crippen LogP contribution in [0.1, 0.15) is 54.9 Å². The van der Waals surface area contributed by atoms with Crippen LogP contribution in [-0.2, 0) is 21.7 Å². The zero-order valence-corrected chi connectivity index (χ0v) is 22.7. The second-order valence-electron chi connectivity index (χ2n) is 10.9. The number of benzene rings is 1. The van der Waals surface area contributed by atoms with Gasteiger partial charge in [0.2, 0.25) is 5.95 Å². The van der Waals surface area contributed by atoms with Crippen molar-refractivity contribution in [3.63, 3.8) is 0 Å². The predicted octanol–water partition coefficient (Wildman–Crippen LogP) is 5.19. The van der Waals surface area contributed by atoms with Crippen LogP contribution in [0.5, 0.6) is 0 Å². The average molecular weight is 517 g/mol. The zero-order valence-electron chi connectivity index (χ0n) is 21.9. The lowest BCUT2D eigenvalue weighted by molar-refractivity contribution is 0.249. The summed E-state index contributed by atoms with van der Waals surface area (Å²) < 4.78 is 16.2. The van der Waals surface area contributed by atoms with Gasteiger partial charge in [-0.3, -0.25) is 0 Å². The van der Waals surface area contributed by atoms with Gasteiger partial charge in [-0.1, -0.05) is 19.9 Å². The molecule has 3 heterocycles. The third-order valence-electron chi connectivity index (χ3n) is 6.95. The van der Waals surface area contributed by atoms with E-state index in [0.29, 0.717) is 29.3 Å². The summed E-state index contributed by atoms with van der Waals surface area (Å²) in [7, 11) is -0.171. The Hall–Kier alpha value is -3.55. The number of aromatic nitrogens is 3. The molecule has 192 valence electrons. The Labute approximate surface area is 218 Å². The number of pyridine rings is 1. The Morgan fingerprint density at radius 2 is 2.03 bits per heavy atom. The Balaban J connectivity index is 1.47. The van der Waals surface area contributed by atoms with Crippen LogP contribution in [0.2, 0.25) is 0 Å². The van der Waals surface area contributed by atoms with Crippen molar-refractivity contribution in [2.75, 3.05) is 36.7 Å². The Morgan fingerprint density at radius 1 is 1.22 bits per heavy atom. The number of anilines is 4. The van der Waals surface area contributed by atoms with Gasteiger partial charge in [0.25, 0.3) is 0 Å². The molecule has 3 aromatic rings. The second kappa shape index (κ2) is 9.39. The molecule has 1 aliphatic carbocycles. The van der Waals surface area contributed by atoms with Crippen LogP contribution in [0.3, 0.4) is 0 Å². The first-order valence-electron chi connectivity index (χ1n) is 12.3. The molecular weight excluding hydrogens is 484 g/mol. The van der Waals surface area contributed by atoms with Crippen LogP contribution >= 0.6 is 0 Å². The van der Waals surface area contributed by atoms with Crippen molar-refractivity contribution in [2.45, 2.75) is 44.6 Å². The summed E-state index contributed by atoms with van der Waals surface area (Å²) >= 11 is 0. The molecule has 2 aliphatic rings. The van der Waals surface area contributed by atoms with Crippen LogP contribution in [0.4, 0.5) is 29.1 Å². The Bertz CT molecular complexity index is 1530. The predicted molar refractivity (Wildman–Crippen MR) is 147 cm³/mol. The molecule has 0 saturated carbocycles. The third kappa shape index (κ3) is 5.43. The third-order valence-corrected chi connectivity index (χ3v) is 7.58. The highest BCUT2D eigenvalue weighted by atomic mass is 32.2. The number of rotatable bonds is 5. The standard InChI is InChI=1S/C27H32N8OS/c1-27(2)10-9-17-15-35(3)16-18-11-20(12-21(27)24(17)18)30-26-29-14-19(13-28)25(33-26)32-22-7-6-8-23(31-22)34-37(4,5)36/h6-8,11-12,14,17H,9-10,15-16H2,1-5H3,(H2,29,30,31,32,33). The van der Waals surface area contributed by atoms with Crippen LogP contribution in [-0.4, -0.2) is 50.2 Å². The minimum atomic E-state index is -2.35. The summed E-state index contributed by atoms with van der Waals surface area (Å²) in [5.41, 5.74) is 5.60. The number of hydrogen-bond donors (Lipinski definition) is 2. The molecule has 2 aromatic heterocycles. The zero-order chi connectivity index (χ0) is 26.4. The monoisotopic (exact) mass is 516 g/mol. The highest BCUT2D eigenvalue weighted by Gasteiger charge is 2.37. The van der Waals surface area contributed by atoms with E-state index in [-0.39, 0.29) is 11.0 Å². The summed E-state index contributed by atoms with van der Waals surface area (Å²) in [5.74, 6) is 2.09. The van der Waals surface area contributed by atoms with E-state index in [1.807, 2.05) is 0 Å². The fourth-order valence-electron chi connectivity index (χ4n) is 5.33. The van der Waals surface area contributed by atoms with Crippen molar-refractivity contribution < 1.29 is 4.21 Å². The minimum absolute atomic E-state index is 0.106. The molecule has 0 spiro atoms. The van der Waals surface area contributed by atoms with Gasteiger partial charge < -0.3 is 15.5 Å². The van der Waals surface area contributed by atoms with Crippen molar-refractivity contribution in [3.8, 4) is 6.07 Å². The molecule has 0 fully saturated rings. The molecule has 10 heteroatoms. The average Bonchev–Trinajstić information content (AvgIpc) is 2.80. The number of likely N-dealkylation sites (N-methyl/N-ethyl adjacent to an activating group) is 1. The first-order valence-corrected chi connectivity index (χ1v) is 14.6. The lowest BCUT2D eigenvalue weighted by Gasteiger charge is -2.43. The highest BCUT2D eigenvalue weighted by Crippen LogP contribution is 2.47. The van der Waals surface area contributed by atoms with E-state index in [1.165, 1.54) is 29.3 Å². The van der Waals surface area contributed by atoms with Gasteiger partial charge in [0.05, 0.1) is 6.20 Å². The van der Waals surface area contributed by atoms with Crippen molar-refractivity contribution in [3.05, 3.63) is 58.8 Å². The van der Waals surface area contributed by atoms with E-state index >= 15 is 0 Å². The van der Waals surface area contributed by atoms with Gasteiger partial charge >= 0.3 is 0 Å². The van der Waals surface area contributed by atoms with Gasteiger partial charge in [0.15, 0.2) is 11.6 Å². The molecule has 2 N–H and O–H groups in total. The minimum Gasteiger partial charge on any atom is -0.324 e. The molecule has 5 rings (SSSR count). The molecule has 0 amide bonds. The fraction of sp³-hybridized carbons (Fsp3) is 0.407. The number of hydrogen-bond acceptors (Lipinski definition) is 9. The lowest BCUT2D eigenvalue weighted by Crippen LogP contribution is -2.37. The van der Waals surface area contributed by atoms with Crippen LogP contribution in [0.15, 0.2) is 40.9 Å². The van der Waals surface area contributed by atoms with Gasteiger partial charge in [-0.2, -0.15) is 14.6 Å². The lowest BCUT2D eigenvalue weighted by atomic mass is 9.66. The maximum absolute atomic E-state index is 12.1. The highest BCUT2D eigenvalue weighted by molar-refractivity contribution is 7.92. The SMILES string of the molecule is CN1Cc2cc(Nc3ncc(C#N)c(Nc4cccc(N=S(C)(C)=O)n4)n3)cc3c2C(CCC3(C)C)C1. The maximum atomic E-state index is 12.1. The van der Waals surface area contributed by atoms with E-state index in [1.54, 1.807) is 30.7 Å². The summed E-state index contributed by atoms with van der Waals surface area (Å²) in [5, 5.41) is 16.1. The largest absolute Gasteiger partial charge is 0.324 e. The Kier molecular flexibility index (Phi) is 6.38. The van der Waals surface area contributed by atoms with Gasteiger partial charge in [0, 0.05) is 41.0 Å². The van der Waals surface area contributed by atoms with Gasteiger partial charge in [0.1, 0.15) is 17.5 Å².